The second-order valence-corrected chi connectivity index (χ2v) is 6.14. The van der Waals surface area contributed by atoms with E-state index in [1.165, 1.54) is 18.4 Å². The van der Waals surface area contributed by atoms with Crippen molar-refractivity contribution in [1.29, 1.82) is 0 Å². The van der Waals surface area contributed by atoms with Gasteiger partial charge >= 0.3 is 0 Å². The van der Waals surface area contributed by atoms with Gasteiger partial charge in [0, 0.05) is 25.7 Å². The van der Waals surface area contributed by atoms with E-state index in [2.05, 4.69) is 29.2 Å². The van der Waals surface area contributed by atoms with Crippen molar-refractivity contribution in [2.24, 2.45) is 0 Å². The maximum atomic E-state index is 12.5. The second-order valence-electron chi connectivity index (χ2n) is 6.14. The van der Waals surface area contributed by atoms with Crippen LogP contribution in [0.3, 0.4) is 0 Å². The molecule has 0 radical (unpaired) electrons. The van der Waals surface area contributed by atoms with Crippen LogP contribution in [-0.4, -0.2) is 54.1 Å². The summed E-state index contributed by atoms with van der Waals surface area (Å²) in [6.07, 6.45) is 2.60. The Morgan fingerprint density at radius 2 is 2.10 bits per heavy atom. The molecule has 1 aromatic carbocycles. The van der Waals surface area contributed by atoms with Crippen LogP contribution in [-0.2, 0) is 16.1 Å². The molecule has 1 aliphatic heterocycles. The van der Waals surface area contributed by atoms with Gasteiger partial charge in [-0.3, -0.25) is 9.69 Å². The molecule has 2 aliphatic rings. The lowest BCUT2D eigenvalue weighted by Crippen LogP contribution is -2.48. The molecule has 1 saturated heterocycles. The van der Waals surface area contributed by atoms with Gasteiger partial charge in [-0.1, -0.05) is 30.3 Å². The van der Waals surface area contributed by atoms with E-state index in [0.717, 1.165) is 19.6 Å². The summed E-state index contributed by atoms with van der Waals surface area (Å²) in [6, 6.07) is 11.0. The first kappa shape index (κ1) is 14.5. The lowest BCUT2D eigenvalue weighted by atomic mass is 10.2. The Morgan fingerprint density at radius 3 is 2.76 bits per heavy atom. The Hall–Kier alpha value is -1.39. The fourth-order valence-electron chi connectivity index (χ4n) is 2.89. The standard InChI is InChI=1S/C17H24N2O2/c1-14-11-18(9-10-21-14)17(20)13-19(16-7-8-16)12-15-5-3-2-4-6-15/h2-6,14,16H,7-13H2,1H3/t14-/m1/s1. The Morgan fingerprint density at radius 1 is 1.33 bits per heavy atom. The molecular weight excluding hydrogens is 264 g/mol. The topological polar surface area (TPSA) is 32.8 Å². The summed E-state index contributed by atoms with van der Waals surface area (Å²) in [4.78, 5) is 16.8. The minimum absolute atomic E-state index is 0.159. The first-order valence-electron chi connectivity index (χ1n) is 7.90. The summed E-state index contributed by atoms with van der Waals surface area (Å²) in [5.74, 6) is 0.244. The smallest absolute Gasteiger partial charge is 0.236 e. The molecule has 21 heavy (non-hydrogen) atoms. The van der Waals surface area contributed by atoms with Crippen LogP contribution in [0.4, 0.5) is 0 Å². The summed E-state index contributed by atoms with van der Waals surface area (Å²) in [7, 11) is 0. The van der Waals surface area contributed by atoms with Crippen LogP contribution >= 0.6 is 0 Å². The van der Waals surface area contributed by atoms with E-state index in [9.17, 15) is 4.79 Å². The lowest BCUT2D eigenvalue weighted by molar-refractivity contribution is -0.139. The average Bonchev–Trinajstić information content (AvgIpc) is 3.32. The number of morpholine rings is 1. The SMILES string of the molecule is C[C@@H]1CN(C(=O)CN(Cc2ccccc2)C2CC2)CCO1. The van der Waals surface area contributed by atoms with Crippen molar-refractivity contribution < 1.29 is 9.53 Å². The highest BCUT2D eigenvalue weighted by Crippen LogP contribution is 2.28. The molecule has 1 aromatic rings. The number of carbonyl (C=O) groups is 1. The van der Waals surface area contributed by atoms with Crippen molar-refractivity contribution in [1.82, 2.24) is 9.80 Å². The molecule has 1 amide bonds. The Labute approximate surface area is 126 Å². The number of hydrogen-bond donors (Lipinski definition) is 0. The normalized spacial score (nSPS) is 22.6. The molecule has 1 saturated carbocycles. The molecule has 1 aliphatic carbocycles. The predicted octanol–water partition coefficient (Wildman–Crippen LogP) is 1.90. The summed E-state index contributed by atoms with van der Waals surface area (Å²) in [6.45, 7) is 5.55. The van der Waals surface area contributed by atoms with Gasteiger partial charge < -0.3 is 9.64 Å². The van der Waals surface area contributed by atoms with Crippen molar-refractivity contribution in [3.63, 3.8) is 0 Å². The van der Waals surface area contributed by atoms with Gasteiger partial charge in [-0.2, -0.15) is 0 Å². The van der Waals surface area contributed by atoms with Crippen molar-refractivity contribution in [2.75, 3.05) is 26.2 Å². The quantitative estimate of drug-likeness (QED) is 0.829. The predicted molar refractivity (Wildman–Crippen MR) is 81.9 cm³/mol. The zero-order valence-corrected chi connectivity index (χ0v) is 12.7. The largest absolute Gasteiger partial charge is 0.375 e. The molecular formula is C17H24N2O2. The van der Waals surface area contributed by atoms with E-state index in [1.807, 2.05) is 17.9 Å². The van der Waals surface area contributed by atoms with Crippen LogP contribution in [0.2, 0.25) is 0 Å². The van der Waals surface area contributed by atoms with E-state index in [-0.39, 0.29) is 12.0 Å². The van der Waals surface area contributed by atoms with Gasteiger partial charge in [0.25, 0.3) is 0 Å². The molecule has 2 fully saturated rings. The molecule has 1 heterocycles. The van der Waals surface area contributed by atoms with E-state index >= 15 is 0 Å². The van der Waals surface area contributed by atoms with Gasteiger partial charge in [0.05, 0.1) is 19.3 Å². The Kier molecular flexibility index (Phi) is 4.56. The third-order valence-electron chi connectivity index (χ3n) is 4.22. The minimum atomic E-state index is 0.159. The zero-order chi connectivity index (χ0) is 14.7. The van der Waals surface area contributed by atoms with Crippen LogP contribution in [0, 0.1) is 0 Å². The number of nitrogens with zero attached hydrogens (tertiary/aromatic N) is 2. The third-order valence-corrected chi connectivity index (χ3v) is 4.22. The summed E-state index contributed by atoms with van der Waals surface area (Å²) in [5.41, 5.74) is 1.28. The molecule has 0 spiro atoms. The van der Waals surface area contributed by atoms with Crippen LogP contribution in [0.25, 0.3) is 0 Å². The molecule has 0 N–H and O–H groups in total. The third kappa shape index (κ3) is 4.05. The van der Waals surface area contributed by atoms with Crippen molar-refractivity contribution in [2.45, 2.75) is 38.5 Å². The molecule has 0 unspecified atom stereocenters. The second kappa shape index (κ2) is 6.58. The number of hydrogen-bond acceptors (Lipinski definition) is 3. The maximum absolute atomic E-state index is 12.5. The highest BCUT2D eigenvalue weighted by atomic mass is 16.5. The minimum Gasteiger partial charge on any atom is -0.375 e. The first-order chi connectivity index (χ1) is 10.2. The number of benzene rings is 1. The van der Waals surface area contributed by atoms with Gasteiger partial charge in [-0.15, -0.1) is 0 Å². The van der Waals surface area contributed by atoms with Crippen molar-refractivity contribution >= 4 is 5.91 Å². The number of carbonyl (C=O) groups excluding carboxylic acids is 1. The van der Waals surface area contributed by atoms with E-state index in [4.69, 9.17) is 4.74 Å². The first-order valence-corrected chi connectivity index (χ1v) is 7.90. The fourth-order valence-corrected chi connectivity index (χ4v) is 2.89. The highest BCUT2D eigenvalue weighted by molar-refractivity contribution is 5.78. The number of amides is 1. The molecule has 4 heteroatoms. The van der Waals surface area contributed by atoms with E-state index in [0.29, 0.717) is 19.2 Å². The Bertz CT molecular complexity index is 473. The van der Waals surface area contributed by atoms with Gasteiger partial charge in [0.1, 0.15) is 0 Å². The molecule has 0 aromatic heterocycles. The summed E-state index contributed by atoms with van der Waals surface area (Å²) in [5, 5.41) is 0. The zero-order valence-electron chi connectivity index (χ0n) is 12.7. The molecule has 0 bridgehead atoms. The van der Waals surface area contributed by atoms with Crippen LogP contribution in [0.1, 0.15) is 25.3 Å². The highest BCUT2D eigenvalue weighted by Gasteiger charge is 2.32. The molecule has 3 rings (SSSR count). The lowest BCUT2D eigenvalue weighted by Gasteiger charge is -2.33. The fraction of sp³-hybridized carbons (Fsp3) is 0.588. The van der Waals surface area contributed by atoms with Gasteiger partial charge in [0.15, 0.2) is 0 Å². The molecule has 114 valence electrons. The van der Waals surface area contributed by atoms with Crippen LogP contribution < -0.4 is 0 Å². The summed E-state index contributed by atoms with van der Waals surface area (Å²) >= 11 is 0. The summed E-state index contributed by atoms with van der Waals surface area (Å²) < 4.78 is 5.51. The number of rotatable bonds is 5. The van der Waals surface area contributed by atoms with Crippen LogP contribution in [0.5, 0.6) is 0 Å². The van der Waals surface area contributed by atoms with Gasteiger partial charge in [-0.25, -0.2) is 0 Å². The Balaban J connectivity index is 1.58. The van der Waals surface area contributed by atoms with Crippen molar-refractivity contribution in [3.05, 3.63) is 35.9 Å². The monoisotopic (exact) mass is 288 g/mol. The van der Waals surface area contributed by atoms with Crippen LogP contribution in [0.15, 0.2) is 30.3 Å². The number of ether oxygens (including phenoxy) is 1. The van der Waals surface area contributed by atoms with Crippen molar-refractivity contribution in [3.8, 4) is 0 Å². The van der Waals surface area contributed by atoms with E-state index < -0.39 is 0 Å². The van der Waals surface area contributed by atoms with Gasteiger partial charge in [-0.05, 0) is 25.3 Å². The van der Waals surface area contributed by atoms with Gasteiger partial charge in [0.2, 0.25) is 5.91 Å². The average molecular weight is 288 g/mol. The maximum Gasteiger partial charge on any atom is 0.236 e. The molecule has 1 atom stereocenters. The van der Waals surface area contributed by atoms with E-state index in [1.54, 1.807) is 0 Å². The molecule has 4 nitrogen and oxygen atoms in total.